The number of anilines is 1. The van der Waals surface area contributed by atoms with Crippen LogP contribution in [0.3, 0.4) is 0 Å². The van der Waals surface area contributed by atoms with Gasteiger partial charge in [-0.3, -0.25) is 9.52 Å². The average Bonchev–Trinajstić information content (AvgIpc) is 2.74. The molecule has 1 heterocycles. The van der Waals surface area contributed by atoms with Gasteiger partial charge in [-0.15, -0.1) is 11.8 Å². The average molecular weight is 437 g/mol. The van der Waals surface area contributed by atoms with E-state index < -0.39 is 10.0 Å². The van der Waals surface area contributed by atoms with E-state index in [1.165, 1.54) is 23.9 Å². The summed E-state index contributed by atoms with van der Waals surface area (Å²) in [5, 5.41) is 0. The molecule has 0 spiro atoms. The summed E-state index contributed by atoms with van der Waals surface area (Å²) in [6, 6.07) is 11.5. The van der Waals surface area contributed by atoms with E-state index in [-0.39, 0.29) is 10.8 Å². The SMILES string of the molecule is CCOc1ccccc1NS(=O)(=O)c1ccc(SC)c(C(=O)N2CCOCC2)c1. The summed E-state index contributed by atoms with van der Waals surface area (Å²) in [4.78, 5) is 15.4. The number of ether oxygens (including phenoxy) is 2. The largest absolute Gasteiger partial charge is 0.492 e. The molecule has 0 saturated carbocycles. The zero-order valence-electron chi connectivity index (χ0n) is 16.4. The molecule has 0 atom stereocenters. The summed E-state index contributed by atoms with van der Waals surface area (Å²) in [5.74, 6) is 0.258. The monoisotopic (exact) mass is 436 g/mol. The summed E-state index contributed by atoms with van der Waals surface area (Å²) < 4.78 is 39.3. The molecule has 1 fully saturated rings. The molecule has 3 rings (SSSR count). The molecule has 1 aliphatic rings. The fourth-order valence-electron chi connectivity index (χ4n) is 2.99. The van der Waals surface area contributed by atoms with Gasteiger partial charge in [0.05, 0.1) is 36.0 Å². The van der Waals surface area contributed by atoms with Gasteiger partial charge in [-0.1, -0.05) is 12.1 Å². The Hall–Kier alpha value is -2.23. The van der Waals surface area contributed by atoms with Crippen LogP contribution in [0.15, 0.2) is 52.3 Å². The molecule has 0 radical (unpaired) electrons. The molecule has 1 amide bonds. The van der Waals surface area contributed by atoms with Gasteiger partial charge in [-0.2, -0.15) is 0 Å². The van der Waals surface area contributed by atoms with Gasteiger partial charge in [0.15, 0.2) is 0 Å². The molecule has 2 aromatic carbocycles. The minimum absolute atomic E-state index is 0.0261. The molecule has 0 aliphatic carbocycles. The fraction of sp³-hybridized carbons (Fsp3) is 0.350. The molecule has 1 N–H and O–H groups in total. The van der Waals surface area contributed by atoms with Gasteiger partial charge in [0, 0.05) is 18.0 Å². The lowest BCUT2D eigenvalue weighted by atomic mass is 10.2. The third kappa shape index (κ3) is 5.04. The van der Waals surface area contributed by atoms with Crippen LogP contribution in [0.4, 0.5) is 5.69 Å². The number of carbonyl (C=O) groups excluding carboxylic acids is 1. The normalized spacial score (nSPS) is 14.5. The maximum absolute atomic E-state index is 13.0. The number of rotatable bonds is 7. The number of carbonyl (C=O) groups is 1. The summed E-state index contributed by atoms with van der Waals surface area (Å²) >= 11 is 1.41. The Labute approximate surface area is 175 Å². The van der Waals surface area contributed by atoms with E-state index in [0.717, 1.165) is 4.90 Å². The molecule has 1 saturated heterocycles. The highest BCUT2D eigenvalue weighted by molar-refractivity contribution is 7.98. The number of hydrogen-bond acceptors (Lipinski definition) is 6. The summed E-state index contributed by atoms with van der Waals surface area (Å²) in [5.41, 5.74) is 0.727. The van der Waals surface area contributed by atoms with Crippen molar-refractivity contribution in [3.05, 3.63) is 48.0 Å². The first-order valence-electron chi connectivity index (χ1n) is 9.26. The highest BCUT2D eigenvalue weighted by atomic mass is 32.2. The fourth-order valence-corrected chi connectivity index (χ4v) is 4.66. The molecule has 1 aliphatic heterocycles. The number of para-hydroxylation sites is 2. The van der Waals surface area contributed by atoms with Crippen molar-refractivity contribution >= 4 is 33.4 Å². The second kappa shape index (κ2) is 9.51. The van der Waals surface area contributed by atoms with Crippen molar-refractivity contribution in [2.75, 3.05) is 43.9 Å². The van der Waals surface area contributed by atoms with Crippen molar-refractivity contribution in [1.29, 1.82) is 0 Å². The molecule has 0 bridgehead atoms. The lowest BCUT2D eigenvalue weighted by Crippen LogP contribution is -2.41. The second-order valence-electron chi connectivity index (χ2n) is 6.30. The van der Waals surface area contributed by atoms with Crippen molar-refractivity contribution in [3.8, 4) is 5.75 Å². The molecule has 29 heavy (non-hydrogen) atoms. The molecule has 0 aromatic heterocycles. The Morgan fingerprint density at radius 3 is 2.62 bits per heavy atom. The number of nitrogens with one attached hydrogen (secondary N) is 1. The van der Waals surface area contributed by atoms with Gasteiger partial charge in [0.1, 0.15) is 5.75 Å². The van der Waals surface area contributed by atoms with Crippen LogP contribution in [-0.4, -0.2) is 58.4 Å². The minimum atomic E-state index is -3.90. The Bertz CT molecular complexity index is 973. The Balaban J connectivity index is 1.93. The lowest BCUT2D eigenvalue weighted by molar-refractivity contribution is 0.0300. The second-order valence-corrected chi connectivity index (χ2v) is 8.83. The van der Waals surface area contributed by atoms with Crippen LogP contribution in [0.2, 0.25) is 0 Å². The Morgan fingerprint density at radius 1 is 1.21 bits per heavy atom. The number of morpholine rings is 1. The Kier molecular flexibility index (Phi) is 7.05. The third-order valence-corrected chi connectivity index (χ3v) is 6.60. The van der Waals surface area contributed by atoms with Crippen molar-refractivity contribution in [2.24, 2.45) is 0 Å². The first-order chi connectivity index (χ1) is 14.0. The lowest BCUT2D eigenvalue weighted by Gasteiger charge is -2.27. The maximum atomic E-state index is 13.0. The number of amides is 1. The van der Waals surface area contributed by atoms with E-state index in [1.807, 2.05) is 13.2 Å². The quantitative estimate of drug-likeness (QED) is 0.672. The van der Waals surface area contributed by atoms with Gasteiger partial charge >= 0.3 is 0 Å². The van der Waals surface area contributed by atoms with E-state index in [4.69, 9.17) is 9.47 Å². The number of hydrogen-bond donors (Lipinski definition) is 1. The maximum Gasteiger partial charge on any atom is 0.262 e. The first kappa shape index (κ1) is 21.5. The molecular formula is C20H24N2O5S2. The predicted molar refractivity (Wildman–Crippen MR) is 113 cm³/mol. The van der Waals surface area contributed by atoms with E-state index in [9.17, 15) is 13.2 Å². The van der Waals surface area contributed by atoms with Gasteiger partial charge in [-0.05, 0) is 43.5 Å². The predicted octanol–water partition coefficient (Wildman–Crippen LogP) is 3.08. The highest BCUT2D eigenvalue weighted by Crippen LogP contribution is 2.29. The van der Waals surface area contributed by atoms with Crippen molar-refractivity contribution in [1.82, 2.24) is 4.90 Å². The molecule has 2 aromatic rings. The van der Waals surface area contributed by atoms with Crippen LogP contribution >= 0.6 is 11.8 Å². The zero-order chi connectivity index (χ0) is 20.9. The van der Waals surface area contributed by atoms with E-state index in [2.05, 4.69) is 4.72 Å². The molecule has 156 valence electrons. The summed E-state index contributed by atoms with van der Waals surface area (Å²) in [7, 11) is -3.90. The van der Waals surface area contributed by atoms with Gasteiger partial charge in [-0.25, -0.2) is 8.42 Å². The minimum Gasteiger partial charge on any atom is -0.492 e. The standard InChI is InChI=1S/C20H24N2O5S2/c1-3-27-18-7-5-4-6-17(18)21-29(24,25)15-8-9-19(28-2)16(14-15)20(23)22-10-12-26-13-11-22/h4-9,14,21H,3,10-13H2,1-2H3. The zero-order valence-corrected chi connectivity index (χ0v) is 18.0. The van der Waals surface area contributed by atoms with E-state index in [0.29, 0.717) is 49.9 Å². The first-order valence-corrected chi connectivity index (χ1v) is 12.0. The van der Waals surface area contributed by atoms with Gasteiger partial charge < -0.3 is 14.4 Å². The van der Waals surface area contributed by atoms with Crippen molar-refractivity contribution in [2.45, 2.75) is 16.7 Å². The number of nitrogens with zero attached hydrogens (tertiary/aromatic N) is 1. The van der Waals surface area contributed by atoms with E-state index in [1.54, 1.807) is 35.2 Å². The molecular weight excluding hydrogens is 412 g/mol. The Morgan fingerprint density at radius 2 is 1.93 bits per heavy atom. The van der Waals surface area contributed by atoms with Crippen LogP contribution in [0.5, 0.6) is 5.75 Å². The number of thioether (sulfide) groups is 1. The smallest absolute Gasteiger partial charge is 0.262 e. The third-order valence-electron chi connectivity index (χ3n) is 4.44. The highest BCUT2D eigenvalue weighted by Gasteiger charge is 2.24. The summed E-state index contributed by atoms with van der Waals surface area (Å²) in [6.07, 6.45) is 1.86. The van der Waals surface area contributed by atoms with Crippen molar-refractivity contribution < 1.29 is 22.7 Å². The van der Waals surface area contributed by atoms with Gasteiger partial charge in [0.25, 0.3) is 15.9 Å². The van der Waals surface area contributed by atoms with Crippen LogP contribution in [0.25, 0.3) is 0 Å². The number of sulfonamides is 1. The molecule has 7 nitrogen and oxygen atoms in total. The van der Waals surface area contributed by atoms with Crippen molar-refractivity contribution in [3.63, 3.8) is 0 Å². The van der Waals surface area contributed by atoms with Crippen LogP contribution in [-0.2, 0) is 14.8 Å². The molecule has 0 unspecified atom stereocenters. The van der Waals surface area contributed by atoms with Crippen LogP contribution in [0, 0.1) is 0 Å². The summed E-state index contributed by atoms with van der Waals surface area (Å²) in [6.45, 7) is 4.19. The van der Waals surface area contributed by atoms with Crippen LogP contribution in [0.1, 0.15) is 17.3 Å². The molecule has 9 heteroatoms. The van der Waals surface area contributed by atoms with Crippen LogP contribution < -0.4 is 9.46 Å². The topological polar surface area (TPSA) is 84.9 Å². The number of benzene rings is 2. The van der Waals surface area contributed by atoms with E-state index >= 15 is 0 Å². The van der Waals surface area contributed by atoms with Gasteiger partial charge in [0.2, 0.25) is 0 Å².